The molecular weight excluding hydrogens is 264 g/mol. The van der Waals surface area contributed by atoms with Gasteiger partial charge in [-0.25, -0.2) is 0 Å². The van der Waals surface area contributed by atoms with E-state index in [1.807, 2.05) is 13.8 Å². The van der Waals surface area contributed by atoms with E-state index < -0.39 is 0 Å². The molecule has 0 aromatic carbocycles. The molecule has 120 valence electrons. The monoisotopic (exact) mass is 294 g/mol. The minimum absolute atomic E-state index is 0.308. The highest BCUT2D eigenvalue weighted by Gasteiger charge is 2.16. The predicted octanol–water partition coefficient (Wildman–Crippen LogP) is 3.14. The Morgan fingerprint density at radius 1 is 1.24 bits per heavy atom. The number of unbranched alkanes of at least 4 members (excludes halogenated alkanes) is 2. The number of nitrogens with zero attached hydrogens (tertiary/aromatic N) is 2. The van der Waals surface area contributed by atoms with Crippen molar-refractivity contribution in [3.05, 3.63) is 17.0 Å². The largest absolute Gasteiger partial charge is 0.361 e. The Morgan fingerprint density at radius 2 is 2.00 bits per heavy atom. The van der Waals surface area contributed by atoms with Crippen molar-refractivity contribution in [1.82, 2.24) is 15.8 Å². The maximum absolute atomic E-state index is 5.23. The molecule has 1 atom stereocenters. The van der Waals surface area contributed by atoms with Gasteiger partial charge in [-0.05, 0) is 27.2 Å². The van der Waals surface area contributed by atoms with Gasteiger partial charge >= 0.3 is 0 Å². The second-order valence-electron chi connectivity index (χ2n) is 5.49. The van der Waals surface area contributed by atoms with Crippen molar-refractivity contribution in [3.63, 3.8) is 0 Å². The predicted molar refractivity (Wildman–Crippen MR) is 87.9 cm³/mol. The molecule has 0 amide bonds. The number of guanidine groups is 1. The fraction of sp³-hybridized carbons (Fsp3) is 0.750. The molecule has 5 nitrogen and oxygen atoms in total. The second kappa shape index (κ2) is 9.42. The molecule has 1 rings (SSSR count). The summed E-state index contributed by atoms with van der Waals surface area (Å²) < 4.78 is 5.23. The van der Waals surface area contributed by atoms with E-state index in [4.69, 9.17) is 4.52 Å². The van der Waals surface area contributed by atoms with Crippen LogP contribution in [-0.4, -0.2) is 30.8 Å². The van der Waals surface area contributed by atoms with Gasteiger partial charge in [0.15, 0.2) is 5.96 Å². The maximum atomic E-state index is 5.23. The topological polar surface area (TPSA) is 62.5 Å². The molecule has 0 fully saturated rings. The fourth-order valence-corrected chi connectivity index (χ4v) is 2.44. The molecule has 1 heterocycles. The Labute approximate surface area is 128 Å². The number of aryl methyl sites for hydroxylation is 2. The minimum Gasteiger partial charge on any atom is -0.361 e. The van der Waals surface area contributed by atoms with Gasteiger partial charge in [-0.2, -0.15) is 0 Å². The first-order valence-corrected chi connectivity index (χ1v) is 8.05. The van der Waals surface area contributed by atoms with Gasteiger partial charge in [0.05, 0.1) is 5.69 Å². The third kappa shape index (κ3) is 5.78. The van der Waals surface area contributed by atoms with E-state index in [-0.39, 0.29) is 0 Å². The zero-order chi connectivity index (χ0) is 15.7. The summed E-state index contributed by atoms with van der Waals surface area (Å²) in [6.45, 7) is 13.0. The van der Waals surface area contributed by atoms with Gasteiger partial charge in [-0.1, -0.05) is 31.8 Å². The third-order valence-electron chi connectivity index (χ3n) is 3.52. The molecule has 0 radical (unpaired) electrons. The van der Waals surface area contributed by atoms with Gasteiger partial charge in [0, 0.05) is 31.1 Å². The quantitative estimate of drug-likeness (QED) is 0.439. The molecule has 1 aromatic rings. The summed E-state index contributed by atoms with van der Waals surface area (Å²) in [5.74, 6) is 2.10. The van der Waals surface area contributed by atoms with Crippen LogP contribution in [0.3, 0.4) is 0 Å². The first-order chi connectivity index (χ1) is 10.1. The Hall–Kier alpha value is -1.52. The Morgan fingerprint density at radius 3 is 2.57 bits per heavy atom. The van der Waals surface area contributed by atoms with Crippen molar-refractivity contribution in [2.45, 2.75) is 59.8 Å². The van der Waals surface area contributed by atoms with Crippen LogP contribution >= 0.6 is 0 Å². The van der Waals surface area contributed by atoms with Gasteiger partial charge in [-0.3, -0.25) is 4.99 Å². The summed E-state index contributed by atoms with van der Waals surface area (Å²) in [7, 11) is 0. The lowest BCUT2D eigenvalue weighted by Crippen LogP contribution is -2.38. The summed E-state index contributed by atoms with van der Waals surface area (Å²) in [4.78, 5) is 4.67. The van der Waals surface area contributed by atoms with Crippen LogP contribution in [0, 0.1) is 13.8 Å². The minimum atomic E-state index is 0.308. The summed E-state index contributed by atoms with van der Waals surface area (Å²) in [5, 5.41) is 10.7. The van der Waals surface area contributed by atoms with Gasteiger partial charge < -0.3 is 15.2 Å². The lowest BCUT2D eigenvalue weighted by molar-refractivity contribution is 0.391. The third-order valence-corrected chi connectivity index (χ3v) is 3.52. The Kier molecular flexibility index (Phi) is 7.87. The van der Waals surface area contributed by atoms with Crippen molar-refractivity contribution in [2.75, 3.05) is 19.6 Å². The van der Waals surface area contributed by atoms with Crippen LogP contribution in [0.2, 0.25) is 0 Å². The average Bonchev–Trinajstić information content (AvgIpc) is 2.79. The van der Waals surface area contributed by atoms with Crippen LogP contribution in [-0.2, 0) is 0 Å². The number of rotatable bonds is 8. The average molecular weight is 294 g/mol. The van der Waals surface area contributed by atoms with E-state index in [1.54, 1.807) is 0 Å². The molecule has 21 heavy (non-hydrogen) atoms. The fourth-order valence-electron chi connectivity index (χ4n) is 2.44. The normalized spacial score (nSPS) is 13.3. The highest BCUT2D eigenvalue weighted by molar-refractivity contribution is 5.79. The Balaban J connectivity index is 2.56. The lowest BCUT2D eigenvalue weighted by atomic mass is 10.00. The number of aliphatic imine (C=N–C) groups is 1. The van der Waals surface area contributed by atoms with Gasteiger partial charge in [-0.15, -0.1) is 0 Å². The van der Waals surface area contributed by atoms with E-state index in [0.717, 1.165) is 37.0 Å². The molecule has 2 N–H and O–H groups in total. The molecule has 0 aliphatic heterocycles. The van der Waals surface area contributed by atoms with Crippen LogP contribution in [0.4, 0.5) is 0 Å². The lowest BCUT2D eigenvalue weighted by Gasteiger charge is -2.13. The van der Waals surface area contributed by atoms with Crippen LogP contribution in [0.1, 0.15) is 63.0 Å². The molecule has 0 saturated heterocycles. The van der Waals surface area contributed by atoms with Crippen LogP contribution in [0.5, 0.6) is 0 Å². The van der Waals surface area contributed by atoms with E-state index in [2.05, 4.69) is 41.6 Å². The Bertz CT molecular complexity index is 420. The van der Waals surface area contributed by atoms with E-state index in [0.29, 0.717) is 5.92 Å². The maximum Gasteiger partial charge on any atom is 0.191 e. The molecule has 0 bridgehead atoms. The number of hydrogen-bond donors (Lipinski definition) is 2. The van der Waals surface area contributed by atoms with Crippen molar-refractivity contribution < 1.29 is 4.52 Å². The molecule has 0 saturated carbocycles. The molecule has 0 aliphatic rings. The van der Waals surface area contributed by atoms with Crippen LogP contribution in [0.25, 0.3) is 0 Å². The van der Waals surface area contributed by atoms with Crippen molar-refractivity contribution in [2.24, 2.45) is 4.99 Å². The molecule has 1 unspecified atom stereocenters. The van der Waals surface area contributed by atoms with E-state index in [1.165, 1.54) is 24.8 Å². The zero-order valence-corrected chi connectivity index (χ0v) is 14.1. The number of hydrogen-bond acceptors (Lipinski definition) is 3. The van der Waals surface area contributed by atoms with Crippen LogP contribution < -0.4 is 10.6 Å². The zero-order valence-electron chi connectivity index (χ0n) is 14.1. The van der Waals surface area contributed by atoms with Crippen molar-refractivity contribution in [1.29, 1.82) is 0 Å². The summed E-state index contributed by atoms with van der Waals surface area (Å²) >= 11 is 0. The smallest absolute Gasteiger partial charge is 0.191 e. The second-order valence-corrected chi connectivity index (χ2v) is 5.49. The summed E-state index contributed by atoms with van der Waals surface area (Å²) in [6.07, 6.45) is 3.67. The molecule has 5 heteroatoms. The molecule has 1 aromatic heterocycles. The van der Waals surface area contributed by atoms with Gasteiger partial charge in [0.25, 0.3) is 0 Å². The van der Waals surface area contributed by atoms with Gasteiger partial charge in [0.1, 0.15) is 5.76 Å². The molecular formula is C16H30N4O. The highest BCUT2D eigenvalue weighted by Crippen LogP contribution is 2.23. The molecule has 0 spiro atoms. The number of nitrogens with one attached hydrogen (secondary N) is 2. The van der Waals surface area contributed by atoms with Crippen molar-refractivity contribution >= 4 is 5.96 Å². The number of aromatic nitrogens is 1. The first kappa shape index (κ1) is 17.5. The molecule has 0 aliphatic carbocycles. The van der Waals surface area contributed by atoms with E-state index in [9.17, 15) is 0 Å². The SMILES string of the molecule is CCCCCNC(=NCC(C)c1c(C)noc1C)NCC. The standard InChI is InChI=1S/C16H30N4O/c1-6-8-9-10-18-16(17-7-2)19-11-12(3)15-13(4)20-21-14(15)5/h12H,6-11H2,1-5H3,(H2,17,18,19). The summed E-state index contributed by atoms with van der Waals surface area (Å²) in [6, 6.07) is 0. The highest BCUT2D eigenvalue weighted by atomic mass is 16.5. The van der Waals surface area contributed by atoms with Gasteiger partial charge in [0.2, 0.25) is 0 Å². The first-order valence-electron chi connectivity index (χ1n) is 8.05. The van der Waals surface area contributed by atoms with Crippen LogP contribution in [0.15, 0.2) is 9.52 Å². The summed E-state index contributed by atoms with van der Waals surface area (Å²) in [5.41, 5.74) is 2.15. The van der Waals surface area contributed by atoms with Crippen molar-refractivity contribution in [3.8, 4) is 0 Å². The van der Waals surface area contributed by atoms with E-state index >= 15 is 0 Å².